The number of halogens is 1. The fourth-order valence-electron chi connectivity index (χ4n) is 3.21. The highest BCUT2D eigenvalue weighted by molar-refractivity contribution is 7.92. The van der Waals surface area contributed by atoms with Crippen LogP contribution in [0.25, 0.3) is 10.2 Å². The number of sulfone groups is 1. The summed E-state index contributed by atoms with van der Waals surface area (Å²) in [5.74, 6) is -1.78. The van der Waals surface area contributed by atoms with Gasteiger partial charge in [-0.25, -0.2) is 17.8 Å². The number of rotatable bonds is 9. The van der Waals surface area contributed by atoms with Crippen LogP contribution in [-0.4, -0.2) is 56.1 Å². The number of anilines is 1. The van der Waals surface area contributed by atoms with E-state index in [0.717, 1.165) is 41.0 Å². The van der Waals surface area contributed by atoms with Gasteiger partial charge in [-0.05, 0) is 62.0 Å². The third-order valence-electron chi connectivity index (χ3n) is 5.09. The molecule has 0 N–H and O–H groups in total. The molecule has 0 bridgehead atoms. The summed E-state index contributed by atoms with van der Waals surface area (Å²) in [6, 6.07) is 10.4. The average molecular weight is 464 g/mol. The summed E-state index contributed by atoms with van der Waals surface area (Å²) in [6.45, 7) is 8.64. The van der Waals surface area contributed by atoms with E-state index in [-0.39, 0.29) is 4.90 Å². The molecular formula is C22H26FN3O3S2. The zero-order valence-electron chi connectivity index (χ0n) is 17.8. The molecule has 0 spiro atoms. The molecule has 0 atom stereocenters. The first-order valence-corrected chi connectivity index (χ1v) is 12.6. The molecule has 3 rings (SSSR count). The molecular weight excluding hydrogens is 437 g/mol. The number of carbonyl (C=O) groups is 1. The van der Waals surface area contributed by atoms with Gasteiger partial charge in [0.15, 0.2) is 15.0 Å². The molecule has 9 heteroatoms. The Morgan fingerprint density at radius 1 is 1.06 bits per heavy atom. The Bertz CT molecular complexity index is 1160. The van der Waals surface area contributed by atoms with Crippen LogP contribution < -0.4 is 4.90 Å². The van der Waals surface area contributed by atoms with Gasteiger partial charge in [0.25, 0.3) is 0 Å². The summed E-state index contributed by atoms with van der Waals surface area (Å²) in [5, 5.41) is 0.479. The lowest BCUT2D eigenvalue weighted by molar-refractivity contribution is -0.116. The minimum absolute atomic E-state index is 0.0779. The van der Waals surface area contributed by atoms with E-state index in [1.807, 2.05) is 39.0 Å². The molecule has 1 heterocycles. The van der Waals surface area contributed by atoms with E-state index in [1.165, 1.54) is 28.4 Å². The maximum Gasteiger partial charge on any atom is 0.244 e. The normalized spacial score (nSPS) is 11.9. The maximum absolute atomic E-state index is 13.2. The predicted molar refractivity (Wildman–Crippen MR) is 123 cm³/mol. The van der Waals surface area contributed by atoms with Gasteiger partial charge in [-0.3, -0.25) is 9.69 Å². The molecule has 0 fully saturated rings. The van der Waals surface area contributed by atoms with E-state index in [2.05, 4.69) is 9.88 Å². The van der Waals surface area contributed by atoms with Gasteiger partial charge in [-0.1, -0.05) is 31.3 Å². The van der Waals surface area contributed by atoms with E-state index in [1.54, 1.807) is 0 Å². The van der Waals surface area contributed by atoms with Crippen LogP contribution in [0, 0.1) is 12.7 Å². The average Bonchev–Trinajstić information content (AvgIpc) is 3.13. The van der Waals surface area contributed by atoms with Gasteiger partial charge in [0, 0.05) is 13.1 Å². The van der Waals surface area contributed by atoms with Crippen LogP contribution in [0.5, 0.6) is 0 Å². The second-order valence-electron chi connectivity index (χ2n) is 7.25. The lowest BCUT2D eigenvalue weighted by atomic mass is 10.2. The number of likely N-dealkylation sites (N-methyl/N-ethyl adjacent to an activating group) is 1. The molecule has 1 amide bonds. The lowest BCUT2D eigenvalue weighted by Gasteiger charge is -2.24. The number of fused-ring (bicyclic) bond motifs is 1. The third-order valence-corrected chi connectivity index (χ3v) is 7.74. The largest absolute Gasteiger partial charge is 0.302 e. The fourth-order valence-corrected chi connectivity index (χ4v) is 5.51. The number of carbonyl (C=O) groups excluding carboxylic acids is 1. The number of aromatic nitrogens is 1. The van der Waals surface area contributed by atoms with Crippen molar-refractivity contribution in [1.29, 1.82) is 0 Å². The maximum atomic E-state index is 13.2. The summed E-state index contributed by atoms with van der Waals surface area (Å²) in [7, 11) is -3.91. The minimum Gasteiger partial charge on any atom is -0.302 e. The summed E-state index contributed by atoms with van der Waals surface area (Å²) in [5.41, 5.74) is 1.86. The van der Waals surface area contributed by atoms with Crippen molar-refractivity contribution in [2.75, 3.05) is 36.8 Å². The van der Waals surface area contributed by atoms with E-state index in [4.69, 9.17) is 0 Å². The van der Waals surface area contributed by atoms with Gasteiger partial charge >= 0.3 is 0 Å². The Balaban J connectivity index is 1.90. The van der Waals surface area contributed by atoms with Crippen molar-refractivity contribution in [2.45, 2.75) is 25.7 Å². The second kappa shape index (κ2) is 9.84. The topological polar surface area (TPSA) is 70.6 Å². The highest BCUT2D eigenvalue weighted by atomic mass is 32.2. The minimum atomic E-state index is -3.91. The van der Waals surface area contributed by atoms with Crippen LogP contribution in [0.3, 0.4) is 0 Å². The van der Waals surface area contributed by atoms with Crippen LogP contribution in [0.2, 0.25) is 0 Å². The molecule has 0 radical (unpaired) electrons. The highest BCUT2D eigenvalue weighted by Crippen LogP contribution is 2.30. The molecule has 31 heavy (non-hydrogen) atoms. The van der Waals surface area contributed by atoms with Crippen molar-refractivity contribution < 1.29 is 17.6 Å². The molecule has 0 saturated heterocycles. The molecule has 0 aliphatic carbocycles. The first kappa shape index (κ1) is 23.3. The second-order valence-corrected chi connectivity index (χ2v) is 10.3. The number of nitrogens with zero attached hydrogens (tertiary/aromatic N) is 3. The monoisotopic (exact) mass is 463 g/mol. The van der Waals surface area contributed by atoms with Crippen LogP contribution >= 0.6 is 11.3 Å². The molecule has 0 unspecified atom stereocenters. The summed E-state index contributed by atoms with van der Waals surface area (Å²) < 4.78 is 39.6. The Morgan fingerprint density at radius 2 is 1.74 bits per heavy atom. The number of amides is 1. The van der Waals surface area contributed by atoms with Gasteiger partial charge in [0.2, 0.25) is 5.91 Å². The van der Waals surface area contributed by atoms with Crippen molar-refractivity contribution in [3.8, 4) is 0 Å². The van der Waals surface area contributed by atoms with Crippen molar-refractivity contribution >= 4 is 42.4 Å². The van der Waals surface area contributed by atoms with Gasteiger partial charge < -0.3 is 4.90 Å². The highest BCUT2D eigenvalue weighted by Gasteiger charge is 2.27. The third kappa shape index (κ3) is 5.66. The number of benzene rings is 2. The van der Waals surface area contributed by atoms with E-state index in [9.17, 15) is 17.6 Å². The van der Waals surface area contributed by atoms with Crippen LogP contribution in [0.4, 0.5) is 9.52 Å². The molecule has 166 valence electrons. The van der Waals surface area contributed by atoms with E-state index < -0.39 is 27.3 Å². The summed E-state index contributed by atoms with van der Waals surface area (Å²) in [6.07, 6.45) is 0. The number of thiazole rings is 1. The van der Waals surface area contributed by atoms with Crippen molar-refractivity contribution in [2.24, 2.45) is 0 Å². The standard InChI is InChI=1S/C22H26FN3O3S2/c1-4-25(5-2)12-13-26(22-24-19-11-6-16(3)14-20(19)30-22)21(27)15-31(28,29)18-9-7-17(23)8-10-18/h6-11,14H,4-5,12-13,15H2,1-3H3. The molecule has 2 aromatic carbocycles. The summed E-state index contributed by atoms with van der Waals surface area (Å²) in [4.78, 5) is 21.3. The number of hydrogen-bond donors (Lipinski definition) is 0. The van der Waals surface area contributed by atoms with Gasteiger partial charge in [-0.2, -0.15) is 0 Å². The van der Waals surface area contributed by atoms with Gasteiger partial charge in [0.05, 0.1) is 15.1 Å². The SMILES string of the molecule is CCN(CC)CCN(C(=O)CS(=O)(=O)c1ccc(F)cc1)c1nc2ccc(C)cc2s1. The van der Waals surface area contributed by atoms with Crippen molar-refractivity contribution in [3.63, 3.8) is 0 Å². The molecule has 0 saturated carbocycles. The fraction of sp³-hybridized carbons (Fsp3) is 0.364. The zero-order chi connectivity index (χ0) is 22.6. The summed E-state index contributed by atoms with van der Waals surface area (Å²) >= 11 is 1.37. The van der Waals surface area contributed by atoms with Crippen molar-refractivity contribution in [3.05, 3.63) is 53.8 Å². The van der Waals surface area contributed by atoms with Gasteiger partial charge in [-0.15, -0.1) is 0 Å². The Labute approximate surface area is 186 Å². The van der Waals surface area contributed by atoms with Crippen LogP contribution in [0.1, 0.15) is 19.4 Å². The molecule has 0 aliphatic rings. The number of hydrogen-bond acceptors (Lipinski definition) is 6. The Morgan fingerprint density at radius 3 is 2.39 bits per heavy atom. The smallest absolute Gasteiger partial charge is 0.244 e. The Kier molecular flexibility index (Phi) is 7.40. The first-order chi connectivity index (χ1) is 14.7. The van der Waals surface area contributed by atoms with E-state index in [0.29, 0.717) is 18.2 Å². The molecule has 1 aromatic heterocycles. The lowest BCUT2D eigenvalue weighted by Crippen LogP contribution is -2.41. The first-order valence-electron chi connectivity index (χ1n) is 10.1. The van der Waals surface area contributed by atoms with Gasteiger partial charge in [0.1, 0.15) is 11.6 Å². The van der Waals surface area contributed by atoms with Crippen LogP contribution in [0.15, 0.2) is 47.4 Å². The molecule has 0 aliphatic heterocycles. The quantitative estimate of drug-likeness (QED) is 0.450. The molecule has 6 nitrogen and oxygen atoms in total. The van der Waals surface area contributed by atoms with Crippen LogP contribution in [-0.2, 0) is 14.6 Å². The molecule has 3 aromatic rings. The number of aryl methyl sites for hydroxylation is 1. The van der Waals surface area contributed by atoms with Crippen molar-refractivity contribution in [1.82, 2.24) is 9.88 Å². The Hall–Kier alpha value is -2.36. The zero-order valence-corrected chi connectivity index (χ0v) is 19.5. The predicted octanol–water partition coefficient (Wildman–Crippen LogP) is 3.89. The van der Waals surface area contributed by atoms with E-state index >= 15 is 0 Å².